The highest BCUT2D eigenvalue weighted by Gasteiger charge is 2.17. The summed E-state index contributed by atoms with van der Waals surface area (Å²) in [6, 6.07) is 11.7. The standard InChI is InChI=1S/C18H20ClN3O2/c1-18(2,3)21-17(23)24-10-9-22-12-14(11-20)15(16(22)19)13-7-5-4-6-8-13/h4-8,12H,9-10H2,1-3H3,(H,21,23). The van der Waals surface area contributed by atoms with Crippen molar-refractivity contribution >= 4 is 17.7 Å². The van der Waals surface area contributed by atoms with Crippen LogP contribution in [0.25, 0.3) is 11.1 Å². The molecule has 0 aliphatic rings. The molecule has 0 radical (unpaired) electrons. The van der Waals surface area contributed by atoms with Crippen molar-refractivity contribution in [2.24, 2.45) is 0 Å². The summed E-state index contributed by atoms with van der Waals surface area (Å²) in [5.74, 6) is 0. The molecule has 2 aromatic rings. The first-order chi connectivity index (χ1) is 11.3. The van der Waals surface area contributed by atoms with Gasteiger partial charge >= 0.3 is 6.09 Å². The number of alkyl carbamates (subject to hydrolysis) is 1. The zero-order valence-corrected chi connectivity index (χ0v) is 14.7. The number of nitrogens with one attached hydrogen (secondary N) is 1. The highest BCUT2D eigenvalue weighted by molar-refractivity contribution is 6.32. The van der Waals surface area contributed by atoms with Crippen LogP contribution in [0.15, 0.2) is 36.5 Å². The van der Waals surface area contributed by atoms with E-state index in [1.165, 1.54) is 0 Å². The fourth-order valence-corrected chi connectivity index (χ4v) is 2.58. The SMILES string of the molecule is CC(C)(C)NC(=O)OCCn1cc(C#N)c(-c2ccccc2)c1Cl. The molecule has 1 amide bonds. The van der Waals surface area contributed by atoms with Gasteiger partial charge in [-0.05, 0) is 26.3 Å². The minimum Gasteiger partial charge on any atom is -0.448 e. The minimum absolute atomic E-state index is 0.162. The lowest BCUT2D eigenvalue weighted by Crippen LogP contribution is -2.41. The largest absolute Gasteiger partial charge is 0.448 e. The molecule has 2 rings (SSSR count). The van der Waals surface area contributed by atoms with Crippen LogP contribution < -0.4 is 5.32 Å². The van der Waals surface area contributed by atoms with Gasteiger partial charge in [0.15, 0.2) is 0 Å². The summed E-state index contributed by atoms with van der Waals surface area (Å²) in [6.45, 7) is 6.17. The van der Waals surface area contributed by atoms with Gasteiger partial charge in [0.25, 0.3) is 0 Å². The summed E-state index contributed by atoms with van der Waals surface area (Å²) < 4.78 is 6.87. The van der Waals surface area contributed by atoms with Crippen LogP contribution in [0.3, 0.4) is 0 Å². The van der Waals surface area contributed by atoms with E-state index >= 15 is 0 Å². The molecule has 5 nitrogen and oxygen atoms in total. The van der Waals surface area contributed by atoms with Gasteiger partial charge in [0.05, 0.1) is 12.1 Å². The maximum absolute atomic E-state index is 11.7. The first kappa shape index (κ1) is 17.9. The Morgan fingerprint density at radius 1 is 1.33 bits per heavy atom. The van der Waals surface area contributed by atoms with E-state index in [-0.39, 0.29) is 12.1 Å². The quantitative estimate of drug-likeness (QED) is 0.902. The molecule has 1 aromatic carbocycles. The fraction of sp³-hybridized carbons (Fsp3) is 0.333. The Balaban J connectivity index is 2.09. The molecule has 0 aliphatic carbocycles. The Kier molecular flexibility index (Phi) is 5.53. The lowest BCUT2D eigenvalue weighted by Gasteiger charge is -2.20. The molecular weight excluding hydrogens is 326 g/mol. The van der Waals surface area contributed by atoms with Crippen molar-refractivity contribution in [3.63, 3.8) is 0 Å². The summed E-state index contributed by atoms with van der Waals surface area (Å²) in [6.07, 6.45) is 1.20. The number of carbonyl (C=O) groups is 1. The Morgan fingerprint density at radius 3 is 2.58 bits per heavy atom. The number of halogens is 1. The molecule has 0 atom stereocenters. The van der Waals surface area contributed by atoms with E-state index in [4.69, 9.17) is 16.3 Å². The topological polar surface area (TPSA) is 67.0 Å². The van der Waals surface area contributed by atoms with Gasteiger partial charge < -0.3 is 14.6 Å². The van der Waals surface area contributed by atoms with E-state index in [9.17, 15) is 10.1 Å². The third-order valence-electron chi connectivity index (χ3n) is 3.24. The van der Waals surface area contributed by atoms with E-state index in [1.54, 1.807) is 10.8 Å². The average molecular weight is 346 g/mol. The summed E-state index contributed by atoms with van der Waals surface area (Å²) in [4.78, 5) is 11.7. The first-order valence-electron chi connectivity index (χ1n) is 7.61. The Labute approximate surface area is 146 Å². The van der Waals surface area contributed by atoms with Crippen molar-refractivity contribution in [1.82, 2.24) is 9.88 Å². The van der Waals surface area contributed by atoms with Crippen molar-refractivity contribution in [2.75, 3.05) is 6.61 Å². The summed E-state index contributed by atoms with van der Waals surface area (Å²) in [5.41, 5.74) is 1.71. The number of hydrogen-bond donors (Lipinski definition) is 1. The molecule has 0 spiro atoms. The van der Waals surface area contributed by atoms with Gasteiger partial charge in [-0.15, -0.1) is 0 Å². The van der Waals surface area contributed by atoms with Crippen molar-refractivity contribution in [3.8, 4) is 17.2 Å². The number of nitrogens with zero attached hydrogens (tertiary/aromatic N) is 2. The number of aromatic nitrogens is 1. The van der Waals surface area contributed by atoms with E-state index in [1.807, 2.05) is 51.1 Å². The lowest BCUT2D eigenvalue weighted by molar-refractivity contribution is 0.133. The van der Waals surface area contributed by atoms with Crippen molar-refractivity contribution in [2.45, 2.75) is 32.9 Å². The van der Waals surface area contributed by atoms with Crippen LogP contribution in [0.4, 0.5) is 4.79 Å². The number of ether oxygens (including phenoxy) is 1. The average Bonchev–Trinajstić information content (AvgIpc) is 2.82. The van der Waals surface area contributed by atoms with Crippen molar-refractivity contribution in [3.05, 3.63) is 47.2 Å². The third-order valence-corrected chi connectivity index (χ3v) is 3.64. The maximum atomic E-state index is 11.7. The van der Waals surface area contributed by atoms with Gasteiger partial charge in [-0.3, -0.25) is 0 Å². The van der Waals surface area contributed by atoms with Gasteiger partial charge in [-0.2, -0.15) is 5.26 Å². The van der Waals surface area contributed by atoms with Gasteiger partial charge in [0.1, 0.15) is 17.8 Å². The lowest BCUT2D eigenvalue weighted by atomic mass is 10.1. The highest BCUT2D eigenvalue weighted by atomic mass is 35.5. The normalized spacial score (nSPS) is 11.0. The third kappa shape index (κ3) is 4.53. The second kappa shape index (κ2) is 7.41. The monoisotopic (exact) mass is 345 g/mol. The van der Waals surface area contributed by atoms with Gasteiger partial charge in [-0.1, -0.05) is 41.9 Å². The molecule has 24 heavy (non-hydrogen) atoms. The van der Waals surface area contributed by atoms with Crippen LogP contribution in [0.1, 0.15) is 26.3 Å². The summed E-state index contributed by atoms with van der Waals surface area (Å²) >= 11 is 6.42. The zero-order valence-electron chi connectivity index (χ0n) is 14.0. The summed E-state index contributed by atoms with van der Waals surface area (Å²) in [5, 5.41) is 12.5. The van der Waals surface area contributed by atoms with Crippen LogP contribution in [-0.4, -0.2) is 22.8 Å². The van der Waals surface area contributed by atoms with Crippen LogP contribution in [-0.2, 0) is 11.3 Å². The van der Waals surface area contributed by atoms with Crippen LogP contribution in [0.2, 0.25) is 5.15 Å². The summed E-state index contributed by atoms with van der Waals surface area (Å²) in [7, 11) is 0. The molecule has 0 saturated carbocycles. The molecule has 1 N–H and O–H groups in total. The van der Waals surface area contributed by atoms with E-state index in [2.05, 4.69) is 11.4 Å². The van der Waals surface area contributed by atoms with E-state index in [0.717, 1.165) is 5.56 Å². The van der Waals surface area contributed by atoms with Crippen molar-refractivity contribution in [1.29, 1.82) is 5.26 Å². The number of nitriles is 1. The van der Waals surface area contributed by atoms with Crippen molar-refractivity contribution < 1.29 is 9.53 Å². The molecule has 126 valence electrons. The van der Waals surface area contributed by atoms with Crippen LogP contribution in [0.5, 0.6) is 0 Å². The molecule has 0 saturated heterocycles. The fourth-order valence-electron chi connectivity index (χ4n) is 2.24. The highest BCUT2D eigenvalue weighted by Crippen LogP contribution is 2.32. The van der Waals surface area contributed by atoms with Crippen LogP contribution >= 0.6 is 11.6 Å². The molecule has 0 unspecified atom stereocenters. The van der Waals surface area contributed by atoms with E-state index in [0.29, 0.717) is 22.8 Å². The van der Waals surface area contributed by atoms with Gasteiger partial charge in [0.2, 0.25) is 0 Å². The molecule has 0 aliphatic heterocycles. The Hall–Kier alpha value is -2.45. The molecule has 6 heteroatoms. The number of carbonyl (C=O) groups excluding carboxylic acids is 1. The Bertz CT molecular complexity index is 755. The first-order valence-corrected chi connectivity index (χ1v) is 7.98. The second-order valence-corrected chi connectivity index (χ2v) is 6.75. The number of amides is 1. The van der Waals surface area contributed by atoms with Gasteiger partial charge in [0, 0.05) is 17.3 Å². The molecular formula is C18H20ClN3O2. The smallest absolute Gasteiger partial charge is 0.407 e. The molecule has 0 fully saturated rings. The predicted molar refractivity (Wildman–Crippen MR) is 93.8 cm³/mol. The molecule has 0 bridgehead atoms. The van der Waals surface area contributed by atoms with E-state index < -0.39 is 6.09 Å². The predicted octanol–water partition coefficient (Wildman–Crippen LogP) is 4.20. The second-order valence-electron chi connectivity index (χ2n) is 6.39. The number of rotatable bonds is 4. The van der Waals surface area contributed by atoms with Gasteiger partial charge in [-0.25, -0.2) is 4.79 Å². The number of hydrogen-bond acceptors (Lipinski definition) is 3. The molecule has 1 aromatic heterocycles. The minimum atomic E-state index is -0.477. The van der Waals surface area contributed by atoms with Crippen LogP contribution in [0, 0.1) is 11.3 Å². The maximum Gasteiger partial charge on any atom is 0.407 e. The number of benzene rings is 1. The Morgan fingerprint density at radius 2 is 2.00 bits per heavy atom. The molecule has 1 heterocycles. The zero-order chi connectivity index (χ0) is 17.7.